The highest BCUT2D eigenvalue weighted by Gasteiger charge is 2.16. The van der Waals surface area contributed by atoms with Gasteiger partial charge in [0.1, 0.15) is 11.9 Å². The van der Waals surface area contributed by atoms with Crippen molar-refractivity contribution in [3.05, 3.63) is 65.0 Å². The largest absolute Gasteiger partial charge is 0.364 e. The number of benzene rings is 1. The van der Waals surface area contributed by atoms with Gasteiger partial charge in [0.15, 0.2) is 0 Å². The predicted molar refractivity (Wildman–Crippen MR) is 81.5 cm³/mol. The van der Waals surface area contributed by atoms with Crippen LogP contribution in [0.4, 0.5) is 0 Å². The van der Waals surface area contributed by atoms with Gasteiger partial charge < -0.3 is 9.51 Å². The first kappa shape index (κ1) is 12.6. The van der Waals surface area contributed by atoms with E-state index in [-0.39, 0.29) is 5.56 Å². The number of aryl methyl sites for hydroxylation is 1. The van der Waals surface area contributed by atoms with Crippen molar-refractivity contribution in [2.75, 3.05) is 0 Å². The van der Waals surface area contributed by atoms with E-state index >= 15 is 0 Å². The fourth-order valence-corrected chi connectivity index (χ4v) is 2.63. The van der Waals surface area contributed by atoms with Gasteiger partial charge in [-0.1, -0.05) is 35.5 Å². The molecule has 0 aliphatic carbocycles. The number of nitrogens with zero attached hydrogens (tertiary/aromatic N) is 3. The zero-order chi connectivity index (χ0) is 15.1. The maximum atomic E-state index is 12.7. The van der Waals surface area contributed by atoms with Gasteiger partial charge in [0.25, 0.3) is 5.56 Å². The van der Waals surface area contributed by atoms with Gasteiger partial charge in [-0.05, 0) is 12.5 Å². The molecule has 0 amide bonds. The van der Waals surface area contributed by atoms with Crippen LogP contribution in [-0.2, 0) is 0 Å². The van der Waals surface area contributed by atoms with Crippen LogP contribution in [0.25, 0.3) is 27.9 Å². The first-order valence-electron chi connectivity index (χ1n) is 6.81. The van der Waals surface area contributed by atoms with Gasteiger partial charge in [0.05, 0.1) is 18.0 Å². The number of rotatable bonds is 2. The minimum atomic E-state index is -0.198. The summed E-state index contributed by atoms with van der Waals surface area (Å²) in [6.45, 7) is 1.85. The molecule has 0 spiro atoms. The van der Waals surface area contributed by atoms with Crippen molar-refractivity contribution < 1.29 is 4.52 Å². The Morgan fingerprint density at radius 2 is 1.95 bits per heavy atom. The molecule has 0 bridgehead atoms. The van der Waals surface area contributed by atoms with Crippen molar-refractivity contribution in [1.82, 2.24) is 19.8 Å². The lowest BCUT2D eigenvalue weighted by Gasteiger charge is -2.05. The van der Waals surface area contributed by atoms with E-state index in [0.29, 0.717) is 16.8 Å². The molecule has 0 radical (unpaired) electrons. The summed E-state index contributed by atoms with van der Waals surface area (Å²) in [5, 5.41) is 7.88. The van der Waals surface area contributed by atoms with E-state index in [4.69, 9.17) is 4.52 Å². The second-order valence-corrected chi connectivity index (χ2v) is 5.03. The van der Waals surface area contributed by atoms with E-state index in [1.165, 1.54) is 17.0 Å². The molecular formula is C16H12N4O2. The van der Waals surface area contributed by atoms with Crippen molar-refractivity contribution in [2.45, 2.75) is 6.92 Å². The Kier molecular flexibility index (Phi) is 2.69. The highest BCUT2D eigenvalue weighted by Crippen LogP contribution is 2.24. The van der Waals surface area contributed by atoms with Crippen molar-refractivity contribution in [1.29, 1.82) is 0 Å². The van der Waals surface area contributed by atoms with Gasteiger partial charge >= 0.3 is 0 Å². The van der Waals surface area contributed by atoms with Crippen LogP contribution in [0.5, 0.6) is 0 Å². The maximum absolute atomic E-state index is 12.7. The first-order valence-corrected chi connectivity index (χ1v) is 6.81. The molecule has 3 heterocycles. The normalized spacial score (nSPS) is 11.1. The van der Waals surface area contributed by atoms with Gasteiger partial charge in [-0.3, -0.25) is 4.79 Å². The minimum Gasteiger partial charge on any atom is -0.364 e. The number of H-pyrrole nitrogens is 1. The monoisotopic (exact) mass is 292 g/mol. The lowest BCUT2D eigenvalue weighted by molar-refractivity contribution is 0.420. The molecule has 1 N–H and O–H groups in total. The molecule has 22 heavy (non-hydrogen) atoms. The summed E-state index contributed by atoms with van der Waals surface area (Å²) < 4.78 is 6.21. The summed E-state index contributed by atoms with van der Waals surface area (Å²) in [6, 6.07) is 9.83. The highest BCUT2D eigenvalue weighted by molar-refractivity contribution is 5.78. The number of aromatic nitrogens is 4. The quantitative estimate of drug-likeness (QED) is 0.616. The van der Waals surface area contributed by atoms with Crippen LogP contribution in [-0.4, -0.2) is 19.8 Å². The molecule has 108 valence electrons. The van der Waals surface area contributed by atoms with E-state index in [2.05, 4.69) is 15.2 Å². The molecule has 0 saturated heterocycles. The summed E-state index contributed by atoms with van der Waals surface area (Å²) in [4.78, 5) is 16.0. The topological polar surface area (TPSA) is 76.2 Å². The highest BCUT2D eigenvalue weighted by atomic mass is 16.5. The van der Waals surface area contributed by atoms with Crippen LogP contribution in [0.3, 0.4) is 0 Å². The number of aromatic amines is 1. The number of nitrogens with one attached hydrogen (secondary N) is 1. The Balaban J connectivity index is 2.02. The van der Waals surface area contributed by atoms with Crippen molar-refractivity contribution in [3.63, 3.8) is 0 Å². The molecule has 0 unspecified atom stereocenters. The third-order valence-electron chi connectivity index (χ3n) is 3.66. The van der Waals surface area contributed by atoms with E-state index in [1.807, 2.05) is 37.3 Å². The molecule has 0 aliphatic heterocycles. The van der Waals surface area contributed by atoms with Crippen molar-refractivity contribution in [3.8, 4) is 22.3 Å². The molecule has 6 heteroatoms. The molecule has 3 aromatic heterocycles. The van der Waals surface area contributed by atoms with Gasteiger partial charge in [0, 0.05) is 16.8 Å². The van der Waals surface area contributed by atoms with Gasteiger partial charge in [-0.15, -0.1) is 0 Å². The number of fused-ring (bicyclic) bond motifs is 1. The zero-order valence-corrected chi connectivity index (χ0v) is 11.8. The minimum absolute atomic E-state index is 0.198. The summed E-state index contributed by atoms with van der Waals surface area (Å²) in [5.41, 5.74) is 4.26. The standard InChI is InChI=1S/C16H12N4O2/c1-10-14(12-7-18-22-9-12)16(21)20-15(19-10)13(8-17-20)11-5-3-2-4-6-11/h2-9,19H,1H3. The average molecular weight is 292 g/mol. The van der Waals surface area contributed by atoms with Crippen LogP contribution < -0.4 is 5.56 Å². The van der Waals surface area contributed by atoms with E-state index in [9.17, 15) is 4.79 Å². The summed E-state index contributed by atoms with van der Waals surface area (Å²) in [7, 11) is 0. The lowest BCUT2D eigenvalue weighted by Crippen LogP contribution is -2.18. The van der Waals surface area contributed by atoms with Crippen molar-refractivity contribution >= 4 is 5.65 Å². The molecule has 0 fully saturated rings. The fraction of sp³-hybridized carbons (Fsp3) is 0.0625. The van der Waals surface area contributed by atoms with Gasteiger partial charge in [0.2, 0.25) is 0 Å². The Morgan fingerprint density at radius 1 is 1.14 bits per heavy atom. The van der Waals surface area contributed by atoms with E-state index in [1.54, 1.807) is 6.20 Å². The SMILES string of the molecule is Cc1[nH]c2c(-c3ccccc3)cnn2c(=O)c1-c1cnoc1. The smallest absolute Gasteiger partial charge is 0.282 e. The van der Waals surface area contributed by atoms with Gasteiger partial charge in [-0.25, -0.2) is 0 Å². The maximum Gasteiger partial charge on any atom is 0.282 e. The average Bonchev–Trinajstić information content (AvgIpc) is 3.18. The molecule has 0 atom stereocenters. The first-order chi connectivity index (χ1) is 10.8. The molecule has 6 nitrogen and oxygen atoms in total. The zero-order valence-electron chi connectivity index (χ0n) is 11.8. The second kappa shape index (κ2) is 4.70. The lowest BCUT2D eigenvalue weighted by atomic mass is 10.1. The molecule has 0 aliphatic rings. The third kappa shape index (κ3) is 1.77. The van der Waals surface area contributed by atoms with Crippen LogP contribution >= 0.6 is 0 Å². The van der Waals surface area contributed by atoms with Crippen LogP contribution in [0.2, 0.25) is 0 Å². The van der Waals surface area contributed by atoms with Crippen molar-refractivity contribution in [2.24, 2.45) is 0 Å². The summed E-state index contributed by atoms with van der Waals surface area (Å²) in [6.07, 6.45) is 4.66. The van der Waals surface area contributed by atoms with Crippen LogP contribution in [0, 0.1) is 6.92 Å². The molecule has 4 aromatic rings. The molecular weight excluding hydrogens is 280 g/mol. The Hall–Kier alpha value is -3.15. The second-order valence-electron chi connectivity index (χ2n) is 5.03. The number of hydrogen-bond donors (Lipinski definition) is 1. The third-order valence-corrected chi connectivity index (χ3v) is 3.66. The Bertz CT molecular complexity index is 998. The predicted octanol–water partition coefficient (Wildman–Crippen LogP) is 2.65. The molecule has 1 aromatic carbocycles. The summed E-state index contributed by atoms with van der Waals surface area (Å²) in [5.74, 6) is 0. The van der Waals surface area contributed by atoms with E-state index in [0.717, 1.165) is 16.8 Å². The Labute approximate surface area is 125 Å². The van der Waals surface area contributed by atoms with Gasteiger partial charge in [-0.2, -0.15) is 9.61 Å². The fourth-order valence-electron chi connectivity index (χ4n) is 2.63. The summed E-state index contributed by atoms with van der Waals surface area (Å²) >= 11 is 0. The molecule has 4 rings (SSSR count). The number of hydrogen-bond acceptors (Lipinski definition) is 4. The molecule has 0 saturated carbocycles. The Morgan fingerprint density at radius 3 is 2.68 bits per heavy atom. The van der Waals surface area contributed by atoms with Crippen LogP contribution in [0.15, 0.2) is 58.3 Å². The van der Waals surface area contributed by atoms with E-state index < -0.39 is 0 Å². The van der Waals surface area contributed by atoms with Crippen LogP contribution in [0.1, 0.15) is 5.69 Å².